The molecule has 0 radical (unpaired) electrons. The third kappa shape index (κ3) is 6.00. The number of carboxylic acid groups (broad SMARTS) is 1. The number of carbonyl (C=O) groups excluding carboxylic acids is 1. The monoisotopic (exact) mass is 462 g/mol. The van der Waals surface area contributed by atoms with E-state index in [4.69, 9.17) is 23.2 Å². The number of halogens is 2. The minimum Gasteiger partial charge on any atom is -0.481 e. The van der Waals surface area contributed by atoms with Gasteiger partial charge in [-0.25, -0.2) is 0 Å². The van der Waals surface area contributed by atoms with Crippen molar-refractivity contribution >= 4 is 35.1 Å². The van der Waals surface area contributed by atoms with Crippen molar-refractivity contribution in [2.45, 2.75) is 44.1 Å². The number of carboxylic acids is 1. The number of likely N-dealkylation sites (tertiary alicyclic amines) is 1. The SMILES string of the molecule is CC(=O)NC1(c2ccccc2)CCN(CCCC(C(=O)O)c2ccc(Cl)c(Cl)c2)CC1. The molecule has 1 aliphatic heterocycles. The Labute approximate surface area is 193 Å². The van der Waals surface area contributed by atoms with Crippen LogP contribution >= 0.6 is 23.2 Å². The number of carbonyl (C=O) groups is 2. The van der Waals surface area contributed by atoms with E-state index in [2.05, 4.69) is 22.3 Å². The van der Waals surface area contributed by atoms with Crippen molar-refractivity contribution in [3.63, 3.8) is 0 Å². The fourth-order valence-electron chi connectivity index (χ4n) is 4.42. The van der Waals surface area contributed by atoms with E-state index in [1.165, 1.54) is 0 Å². The van der Waals surface area contributed by atoms with Crippen molar-refractivity contribution in [1.29, 1.82) is 0 Å². The minimum atomic E-state index is -0.856. The number of piperidine rings is 1. The summed E-state index contributed by atoms with van der Waals surface area (Å²) in [6, 6.07) is 15.1. The van der Waals surface area contributed by atoms with Crippen LogP contribution in [0.1, 0.15) is 49.7 Å². The number of aliphatic carboxylic acids is 1. The van der Waals surface area contributed by atoms with Gasteiger partial charge in [-0.3, -0.25) is 9.59 Å². The summed E-state index contributed by atoms with van der Waals surface area (Å²) in [6.07, 6.45) is 2.94. The lowest BCUT2D eigenvalue weighted by molar-refractivity contribution is -0.139. The lowest BCUT2D eigenvalue weighted by Gasteiger charge is -2.42. The van der Waals surface area contributed by atoms with Crippen LogP contribution in [0.15, 0.2) is 48.5 Å². The zero-order chi connectivity index (χ0) is 22.4. The Hall–Kier alpha value is -2.08. The zero-order valence-electron chi connectivity index (χ0n) is 17.6. The van der Waals surface area contributed by atoms with Gasteiger partial charge in [0.2, 0.25) is 5.91 Å². The lowest BCUT2D eigenvalue weighted by atomic mass is 9.80. The van der Waals surface area contributed by atoms with Crippen molar-refractivity contribution in [1.82, 2.24) is 10.2 Å². The molecule has 166 valence electrons. The second-order valence-electron chi connectivity index (χ2n) is 8.18. The Morgan fingerprint density at radius 3 is 2.35 bits per heavy atom. The standard InChI is InChI=1S/C24H28Cl2N2O3/c1-17(29)27-24(19-6-3-2-4-7-19)11-14-28(15-12-24)13-5-8-20(23(30)31)18-9-10-21(25)22(26)16-18/h2-4,6-7,9-10,16,20H,5,8,11-15H2,1H3,(H,27,29)(H,30,31). The second-order valence-corrected chi connectivity index (χ2v) is 8.99. The zero-order valence-corrected chi connectivity index (χ0v) is 19.1. The fraction of sp³-hybridized carbons (Fsp3) is 0.417. The molecule has 1 saturated heterocycles. The molecule has 3 rings (SSSR count). The molecule has 5 nitrogen and oxygen atoms in total. The summed E-state index contributed by atoms with van der Waals surface area (Å²) in [5, 5.41) is 13.7. The Morgan fingerprint density at radius 2 is 1.77 bits per heavy atom. The van der Waals surface area contributed by atoms with Crippen molar-refractivity contribution in [2.75, 3.05) is 19.6 Å². The summed E-state index contributed by atoms with van der Waals surface area (Å²) in [5.41, 5.74) is 1.47. The maximum atomic E-state index is 11.9. The average Bonchev–Trinajstić information content (AvgIpc) is 2.74. The summed E-state index contributed by atoms with van der Waals surface area (Å²) in [5.74, 6) is -1.49. The highest BCUT2D eigenvalue weighted by atomic mass is 35.5. The quantitative estimate of drug-likeness (QED) is 0.574. The summed E-state index contributed by atoms with van der Waals surface area (Å²) in [4.78, 5) is 26.0. The Kier molecular flexibility index (Phi) is 7.98. The first-order chi connectivity index (χ1) is 14.8. The molecule has 2 N–H and O–H groups in total. The summed E-state index contributed by atoms with van der Waals surface area (Å²) in [6.45, 7) is 4.07. The normalized spacial score (nSPS) is 17.1. The van der Waals surface area contributed by atoms with Gasteiger partial charge in [-0.2, -0.15) is 0 Å². The molecule has 1 unspecified atom stereocenters. The molecular weight excluding hydrogens is 435 g/mol. The predicted molar refractivity (Wildman–Crippen MR) is 124 cm³/mol. The van der Waals surface area contributed by atoms with Gasteiger partial charge >= 0.3 is 5.97 Å². The first kappa shape index (κ1) is 23.6. The number of nitrogens with one attached hydrogen (secondary N) is 1. The summed E-state index contributed by atoms with van der Waals surface area (Å²) < 4.78 is 0. The molecule has 1 heterocycles. The Bertz CT molecular complexity index is 912. The molecule has 0 aromatic heterocycles. The van der Waals surface area contributed by atoms with E-state index in [0.717, 1.165) is 44.5 Å². The molecule has 0 saturated carbocycles. The van der Waals surface area contributed by atoms with E-state index in [1.807, 2.05) is 18.2 Å². The largest absolute Gasteiger partial charge is 0.481 e. The minimum absolute atomic E-state index is 0.0248. The number of amides is 1. The van der Waals surface area contributed by atoms with E-state index >= 15 is 0 Å². The highest BCUT2D eigenvalue weighted by molar-refractivity contribution is 6.42. The van der Waals surface area contributed by atoms with Crippen molar-refractivity contribution < 1.29 is 14.7 Å². The topological polar surface area (TPSA) is 69.6 Å². The maximum Gasteiger partial charge on any atom is 0.310 e. The van der Waals surface area contributed by atoms with Gasteiger partial charge in [0.25, 0.3) is 0 Å². The van der Waals surface area contributed by atoms with Crippen LogP contribution in [0.3, 0.4) is 0 Å². The third-order valence-corrected chi connectivity index (χ3v) is 6.80. The van der Waals surface area contributed by atoms with Gasteiger partial charge in [0.1, 0.15) is 0 Å². The molecule has 1 aliphatic rings. The molecule has 1 fully saturated rings. The number of benzene rings is 2. The summed E-state index contributed by atoms with van der Waals surface area (Å²) >= 11 is 12.0. The van der Waals surface area contributed by atoms with Gasteiger partial charge in [0.15, 0.2) is 0 Å². The van der Waals surface area contributed by atoms with Crippen molar-refractivity contribution in [2.24, 2.45) is 0 Å². The molecule has 2 aromatic rings. The van der Waals surface area contributed by atoms with Gasteiger partial charge in [-0.05, 0) is 55.5 Å². The van der Waals surface area contributed by atoms with Crippen LogP contribution in [0.5, 0.6) is 0 Å². The van der Waals surface area contributed by atoms with Gasteiger partial charge in [-0.1, -0.05) is 59.6 Å². The van der Waals surface area contributed by atoms with Crippen LogP contribution < -0.4 is 5.32 Å². The molecule has 1 amide bonds. The lowest BCUT2D eigenvalue weighted by Crippen LogP contribution is -2.52. The van der Waals surface area contributed by atoms with Gasteiger partial charge in [-0.15, -0.1) is 0 Å². The first-order valence-corrected chi connectivity index (χ1v) is 11.3. The molecule has 2 aromatic carbocycles. The molecule has 31 heavy (non-hydrogen) atoms. The average molecular weight is 463 g/mol. The van der Waals surface area contributed by atoms with E-state index in [9.17, 15) is 14.7 Å². The molecule has 7 heteroatoms. The summed E-state index contributed by atoms with van der Waals surface area (Å²) in [7, 11) is 0. The number of hydrogen-bond acceptors (Lipinski definition) is 3. The van der Waals surface area contributed by atoms with Crippen LogP contribution in [0.2, 0.25) is 10.0 Å². The Balaban J connectivity index is 1.58. The number of rotatable bonds is 8. The van der Waals surface area contributed by atoms with Crippen LogP contribution in [0, 0.1) is 0 Å². The van der Waals surface area contributed by atoms with E-state index in [0.29, 0.717) is 22.0 Å². The molecule has 0 bridgehead atoms. The number of hydrogen-bond donors (Lipinski definition) is 2. The van der Waals surface area contributed by atoms with Crippen LogP contribution in [0.4, 0.5) is 0 Å². The van der Waals surface area contributed by atoms with Crippen molar-refractivity contribution in [3.8, 4) is 0 Å². The van der Waals surface area contributed by atoms with Gasteiger partial charge in [0, 0.05) is 20.0 Å². The maximum absolute atomic E-state index is 11.9. The van der Waals surface area contributed by atoms with Gasteiger partial charge in [0.05, 0.1) is 21.5 Å². The van der Waals surface area contributed by atoms with E-state index in [1.54, 1.807) is 25.1 Å². The van der Waals surface area contributed by atoms with Gasteiger partial charge < -0.3 is 15.3 Å². The van der Waals surface area contributed by atoms with Crippen LogP contribution in [-0.4, -0.2) is 41.5 Å². The highest BCUT2D eigenvalue weighted by Crippen LogP contribution is 2.34. The fourth-order valence-corrected chi connectivity index (χ4v) is 4.73. The predicted octanol–water partition coefficient (Wildman–Crippen LogP) is 5.07. The smallest absolute Gasteiger partial charge is 0.310 e. The third-order valence-electron chi connectivity index (χ3n) is 6.06. The number of nitrogens with zero attached hydrogens (tertiary/aromatic N) is 1. The first-order valence-electron chi connectivity index (χ1n) is 10.5. The van der Waals surface area contributed by atoms with Crippen LogP contribution in [-0.2, 0) is 15.1 Å². The van der Waals surface area contributed by atoms with E-state index in [-0.39, 0.29) is 11.4 Å². The highest BCUT2D eigenvalue weighted by Gasteiger charge is 2.36. The molecular formula is C24H28Cl2N2O3. The molecule has 0 spiro atoms. The Morgan fingerprint density at radius 1 is 1.10 bits per heavy atom. The van der Waals surface area contributed by atoms with Crippen LogP contribution in [0.25, 0.3) is 0 Å². The second kappa shape index (κ2) is 10.5. The van der Waals surface area contributed by atoms with Crippen molar-refractivity contribution in [3.05, 3.63) is 69.7 Å². The molecule has 0 aliphatic carbocycles. The molecule has 1 atom stereocenters. The van der Waals surface area contributed by atoms with E-state index < -0.39 is 11.9 Å².